The number of hydrogen-bond acceptors (Lipinski definition) is 7. The van der Waals surface area contributed by atoms with Gasteiger partial charge in [0.2, 0.25) is 0 Å². The average Bonchev–Trinajstić information content (AvgIpc) is 3.47. The van der Waals surface area contributed by atoms with Gasteiger partial charge in [-0.3, -0.25) is 4.79 Å². The molecule has 1 saturated carbocycles. The fourth-order valence-corrected chi connectivity index (χ4v) is 3.86. The van der Waals surface area contributed by atoms with Gasteiger partial charge in [-0.25, -0.2) is 14.6 Å². The SMILES string of the molecule is CCn1nccc1NC(=O)c1ccc(C)c(Nc2ncnc(NC3CCCC3)c2C#N)c1. The van der Waals surface area contributed by atoms with Crippen molar-refractivity contribution in [1.29, 1.82) is 5.26 Å². The van der Waals surface area contributed by atoms with E-state index in [2.05, 4.69) is 37.1 Å². The number of anilines is 4. The Morgan fingerprint density at radius 3 is 2.75 bits per heavy atom. The lowest BCUT2D eigenvalue weighted by molar-refractivity contribution is 0.102. The minimum Gasteiger partial charge on any atom is -0.366 e. The molecule has 1 aromatic carbocycles. The van der Waals surface area contributed by atoms with Crippen molar-refractivity contribution in [3.8, 4) is 6.07 Å². The Hall–Kier alpha value is -3.93. The molecule has 1 amide bonds. The molecule has 2 aromatic heterocycles. The van der Waals surface area contributed by atoms with Gasteiger partial charge in [0.1, 0.15) is 29.6 Å². The van der Waals surface area contributed by atoms with Crippen LogP contribution in [0.4, 0.5) is 23.1 Å². The first kappa shape index (κ1) is 21.3. The third-order valence-electron chi connectivity index (χ3n) is 5.67. The first-order valence-electron chi connectivity index (χ1n) is 10.8. The van der Waals surface area contributed by atoms with Gasteiger partial charge in [0.05, 0.1) is 6.20 Å². The van der Waals surface area contributed by atoms with Crippen LogP contribution in [0.15, 0.2) is 36.8 Å². The maximum atomic E-state index is 12.8. The van der Waals surface area contributed by atoms with E-state index in [9.17, 15) is 10.1 Å². The van der Waals surface area contributed by atoms with Gasteiger partial charge in [-0.2, -0.15) is 10.4 Å². The summed E-state index contributed by atoms with van der Waals surface area (Å²) in [5.74, 6) is 1.34. The summed E-state index contributed by atoms with van der Waals surface area (Å²) >= 11 is 0. The van der Waals surface area contributed by atoms with Crippen molar-refractivity contribution in [1.82, 2.24) is 19.7 Å². The minimum atomic E-state index is -0.241. The molecule has 4 rings (SSSR count). The van der Waals surface area contributed by atoms with Crippen LogP contribution >= 0.6 is 0 Å². The Bertz CT molecular complexity index is 1160. The lowest BCUT2D eigenvalue weighted by Crippen LogP contribution is -2.17. The fourth-order valence-electron chi connectivity index (χ4n) is 3.86. The van der Waals surface area contributed by atoms with Crippen LogP contribution in [0.3, 0.4) is 0 Å². The third kappa shape index (κ3) is 4.54. The van der Waals surface area contributed by atoms with Crippen LogP contribution < -0.4 is 16.0 Å². The van der Waals surface area contributed by atoms with Crippen molar-refractivity contribution in [2.24, 2.45) is 0 Å². The zero-order chi connectivity index (χ0) is 22.5. The third-order valence-corrected chi connectivity index (χ3v) is 5.67. The molecule has 0 aliphatic heterocycles. The van der Waals surface area contributed by atoms with Crippen molar-refractivity contribution in [2.45, 2.75) is 52.1 Å². The van der Waals surface area contributed by atoms with Gasteiger partial charge in [-0.1, -0.05) is 18.9 Å². The molecular formula is C23H26N8O. The summed E-state index contributed by atoms with van der Waals surface area (Å²) in [6, 6.07) is 9.68. The van der Waals surface area contributed by atoms with E-state index in [0.717, 1.165) is 18.4 Å². The van der Waals surface area contributed by atoms with E-state index in [1.165, 1.54) is 19.2 Å². The molecule has 3 N–H and O–H groups in total. The smallest absolute Gasteiger partial charge is 0.256 e. The highest BCUT2D eigenvalue weighted by molar-refractivity contribution is 6.04. The van der Waals surface area contributed by atoms with Crippen molar-refractivity contribution in [3.63, 3.8) is 0 Å². The van der Waals surface area contributed by atoms with Gasteiger partial charge < -0.3 is 16.0 Å². The van der Waals surface area contributed by atoms with Gasteiger partial charge in [0, 0.05) is 29.9 Å². The molecule has 9 heteroatoms. The Morgan fingerprint density at radius 2 is 2.00 bits per heavy atom. The normalized spacial score (nSPS) is 13.5. The van der Waals surface area contributed by atoms with Crippen molar-refractivity contribution < 1.29 is 4.79 Å². The maximum Gasteiger partial charge on any atom is 0.256 e. The van der Waals surface area contributed by atoms with Crippen LogP contribution in [0, 0.1) is 18.3 Å². The molecule has 3 aromatic rings. The Kier molecular flexibility index (Phi) is 6.31. The van der Waals surface area contributed by atoms with Crippen LogP contribution in [0.5, 0.6) is 0 Å². The van der Waals surface area contributed by atoms with Gasteiger partial charge in [-0.15, -0.1) is 0 Å². The largest absolute Gasteiger partial charge is 0.366 e. The summed E-state index contributed by atoms with van der Waals surface area (Å²) < 4.78 is 1.71. The minimum absolute atomic E-state index is 0.241. The summed E-state index contributed by atoms with van der Waals surface area (Å²) in [6.07, 6.45) is 7.61. The topological polar surface area (TPSA) is 121 Å². The van der Waals surface area contributed by atoms with Gasteiger partial charge in [0.15, 0.2) is 5.82 Å². The molecular weight excluding hydrogens is 404 g/mol. The number of nitrogens with one attached hydrogen (secondary N) is 3. The standard InChI is InChI=1S/C23H26N8O/c1-3-31-20(10-11-27-31)30-23(32)16-9-8-15(2)19(12-16)29-22-18(13-24)21(25-14-26-22)28-17-6-4-5-7-17/h8-12,14,17H,3-7H2,1-2H3,(H,30,32)(H2,25,26,28,29). The predicted molar refractivity (Wildman–Crippen MR) is 123 cm³/mol. The molecule has 164 valence electrons. The second kappa shape index (κ2) is 9.47. The molecule has 0 radical (unpaired) electrons. The summed E-state index contributed by atoms with van der Waals surface area (Å²) in [5.41, 5.74) is 2.47. The van der Waals surface area contributed by atoms with E-state index >= 15 is 0 Å². The molecule has 1 aliphatic rings. The highest BCUT2D eigenvalue weighted by Crippen LogP contribution is 2.28. The van der Waals surface area contributed by atoms with Crippen LogP contribution in [0.1, 0.15) is 54.1 Å². The predicted octanol–water partition coefficient (Wildman–Crippen LogP) is 4.22. The highest BCUT2D eigenvalue weighted by Gasteiger charge is 2.19. The molecule has 0 bridgehead atoms. The maximum absolute atomic E-state index is 12.8. The Labute approximate surface area is 186 Å². The summed E-state index contributed by atoms with van der Waals surface area (Å²) in [4.78, 5) is 21.4. The van der Waals surface area contributed by atoms with Crippen molar-refractivity contribution >= 4 is 29.0 Å². The molecule has 32 heavy (non-hydrogen) atoms. The molecule has 1 fully saturated rings. The molecule has 0 saturated heterocycles. The first-order chi connectivity index (χ1) is 15.6. The average molecular weight is 431 g/mol. The first-order valence-corrected chi connectivity index (χ1v) is 10.8. The molecule has 0 spiro atoms. The van der Waals surface area contributed by atoms with Crippen LogP contribution in [0.2, 0.25) is 0 Å². The van der Waals surface area contributed by atoms with Crippen LogP contribution in [-0.2, 0) is 6.54 Å². The number of nitriles is 1. The van der Waals surface area contributed by atoms with E-state index in [1.807, 2.05) is 19.9 Å². The number of aryl methyl sites for hydroxylation is 2. The molecule has 1 aliphatic carbocycles. The van der Waals surface area contributed by atoms with E-state index in [4.69, 9.17) is 0 Å². The van der Waals surface area contributed by atoms with Gasteiger partial charge in [-0.05, 0) is 44.4 Å². The zero-order valence-electron chi connectivity index (χ0n) is 18.2. The Morgan fingerprint density at radius 1 is 1.22 bits per heavy atom. The number of amides is 1. The van der Waals surface area contributed by atoms with E-state index in [0.29, 0.717) is 46.9 Å². The van der Waals surface area contributed by atoms with E-state index in [-0.39, 0.29) is 5.91 Å². The summed E-state index contributed by atoms with van der Waals surface area (Å²) in [6.45, 7) is 4.55. The van der Waals surface area contributed by atoms with E-state index in [1.54, 1.807) is 29.1 Å². The lowest BCUT2D eigenvalue weighted by Gasteiger charge is -2.16. The molecule has 2 heterocycles. The van der Waals surface area contributed by atoms with Crippen molar-refractivity contribution in [3.05, 3.63) is 53.5 Å². The van der Waals surface area contributed by atoms with Crippen LogP contribution in [-0.4, -0.2) is 31.7 Å². The van der Waals surface area contributed by atoms with E-state index < -0.39 is 0 Å². The second-order valence-electron chi connectivity index (χ2n) is 7.82. The highest BCUT2D eigenvalue weighted by atomic mass is 16.1. The Balaban J connectivity index is 1.57. The summed E-state index contributed by atoms with van der Waals surface area (Å²) in [5, 5.41) is 23.4. The quantitative estimate of drug-likeness (QED) is 0.513. The zero-order valence-corrected chi connectivity index (χ0v) is 18.2. The number of benzene rings is 1. The number of carbonyl (C=O) groups is 1. The van der Waals surface area contributed by atoms with Gasteiger partial charge >= 0.3 is 0 Å². The second-order valence-corrected chi connectivity index (χ2v) is 7.82. The van der Waals surface area contributed by atoms with Crippen LogP contribution in [0.25, 0.3) is 0 Å². The summed E-state index contributed by atoms with van der Waals surface area (Å²) in [7, 11) is 0. The number of carbonyl (C=O) groups excluding carboxylic acids is 1. The molecule has 9 nitrogen and oxygen atoms in total. The lowest BCUT2D eigenvalue weighted by atomic mass is 10.1. The number of hydrogen-bond donors (Lipinski definition) is 3. The number of nitrogens with zero attached hydrogens (tertiary/aromatic N) is 5. The number of aromatic nitrogens is 4. The van der Waals surface area contributed by atoms with Gasteiger partial charge in [0.25, 0.3) is 5.91 Å². The van der Waals surface area contributed by atoms with Crippen molar-refractivity contribution in [2.75, 3.05) is 16.0 Å². The fraction of sp³-hybridized carbons (Fsp3) is 0.348. The monoisotopic (exact) mass is 430 g/mol. The molecule has 0 atom stereocenters. The number of rotatable bonds is 7. The molecule has 0 unspecified atom stereocenters.